The summed E-state index contributed by atoms with van der Waals surface area (Å²) in [5.41, 5.74) is 11.0. The van der Waals surface area contributed by atoms with Crippen LogP contribution in [0.4, 0.5) is 0 Å². The zero-order chi connectivity index (χ0) is 19.7. The molecule has 1 fully saturated rings. The number of carbonyl (C=O) groups excluding carboxylic acids is 1. The third kappa shape index (κ3) is 2.58. The highest BCUT2D eigenvalue weighted by atomic mass is 16.5. The van der Waals surface area contributed by atoms with Gasteiger partial charge in [0.15, 0.2) is 0 Å². The average molecular weight is 378 g/mol. The van der Waals surface area contributed by atoms with Gasteiger partial charge in [-0.1, -0.05) is 48.5 Å². The van der Waals surface area contributed by atoms with Gasteiger partial charge in [0.05, 0.1) is 6.54 Å². The minimum atomic E-state index is -1.97. The first-order valence-corrected chi connectivity index (χ1v) is 9.01. The average Bonchev–Trinajstić information content (AvgIpc) is 3.27. The van der Waals surface area contributed by atoms with Crippen molar-refractivity contribution in [1.82, 2.24) is 5.01 Å². The number of nitrogens with zero attached hydrogens (tertiary/aromatic N) is 4. The van der Waals surface area contributed by atoms with Gasteiger partial charge < -0.3 is 9.84 Å². The molecule has 0 saturated carbocycles. The second kappa shape index (κ2) is 6.90. The molecule has 1 heterocycles. The van der Waals surface area contributed by atoms with Gasteiger partial charge in [-0.15, -0.1) is 5.53 Å². The molecule has 2 aliphatic rings. The summed E-state index contributed by atoms with van der Waals surface area (Å²) in [5, 5.41) is 14.1. The van der Waals surface area contributed by atoms with E-state index in [1.54, 1.807) is 0 Å². The van der Waals surface area contributed by atoms with Crippen LogP contribution in [0.3, 0.4) is 0 Å². The molecule has 2 aromatic carbocycles. The number of fused-ring (bicyclic) bond motifs is 3. The van der Waals surface area contributed by atoms with Gasteiger partial charge in [-0.2, -0.15) is 4.91 Å². The number of azide groups is 1. The lowest BCUT2D eigenvalue weighted by molar-refractivity contribution is -0.170. The molecule has 8 nitrogen and oxygen atoms in total. The van der Waals surface area contributed by atoms with Gasteiger partial charge in [0, 0.05) is 12.3 Å². The van der Waals surface area contributed by atoms with Crippen LogP contribution in [0.5, 0.6) is 0 Å². The van der Waals surface area contributed by atoms with E-state index < -0.39 is 17.5 Å². The number of rotatable bonds is 5. The number of aliphatic carboxylic acids is 1. The Morgan fingerprint density at radius 1 is 1.18 bits per heavy atom. The lowest BCUT2D eigenvalue weighted by Gasteiger charge is -2.26. The zero-order valence-electron chi connectivity index (χ0n) is 15.0. The number of hydrogen-bond donors (Lipinski definition) is 1. The highest BCUT2D eigenvalue weighted by Gasteiger charge is 2.59. The molecule has 1 saturated heterocycles. The second-order valence-corrected chi connectivity index (χ2v) is 6.90. The lowest BCUT2D eigenvalue weighted by Crippen LogP contribution is -2.55. The van der Waals surface area contributed by atoms with Crippen LogP contribution in [0, 0.1) is 0 Å². The number of ether oxygens (including phenoxy) is 1. The first kappa shape index (κ1) is 17.9. The molecule has 1 aliphatic carbocycles. The standard InChI is InChI=1S/C20H18N4O4/c21-22-23-24-11-5-10-20(24,18(25)26)19(27)28-12-17-15-8-3-1-6-13(15)14-7-2-4-9-16(14)17/h1-4,6-9,17H,5,10-12H2,(H,25,26)/t20-/m0/s1. The fourth-order valence-corrected chi connectivity index (χ4v) is 4.20. The Bertz CT molecular complexity index is 956. The first-order chi connectivity index (χ1) is 13.6. The summed E-state index contributed by atoms with van der Waals surface area (Å²) in [6, 6.07) is 15.8. The number of esters is 1. The van der Waals surface area contributed by atoms with Crippen molar-refractivity contribution in [2.24, 2.45) is 5.22 Å². The minimum absolute atomic E-state index is 0.0198. The number of carboxylic acids is 1. The Balaban J connectivity index is 1.61. The normalized spacial score (nSPS) is 20.2. The highest BCUT2D eigenvalue weighted by molar-refractivity contribution is 6.04. The molecule has 142 valence electrons. The Hall–Kier alpha value is -3.51. The van der Waals surface area contributed by atoms with E-state index >= 15 is 0 Å². The fraction of sp³-hybridized carbons (Fsp3) is 0.300. The molecule has 4 rings (SSSR count). The highest BCUT2D eigenvalue weighted by Crippen LogP contribution is 2.44. The Morgan fingerprint density at radius 3 is 2.36 bits per heavy atom. The fourth-order valence-electron chi connectivity index (χ4n) is 4.20. The SMILES string of the molecule is [N-]=[N+]=NN1CCC[C@]1(C(=O)O)C(=O)OCC1c2ccccc2-c2ccccc21. The quantitative estimate of drug-likeness (QED) is 0.281. The van der Waals surface area contributed by atoms with E-state index in [-0.39, 0.29) is 25.5 Å². The van der Waals surface area contributed by atoms with E-state index in [0.717, 1.165) is 27.3 Å². The molecule has 1 N–H and O–H groups in total. The van der Waals surface area contributed by atoms with Gasteiger partial charge in [0.2, 0.25) is 0 Å². The van der Waals surface area contributed by atoms with Crippen molar-refractivity contribution in [1.29, 1.82) is 0 Å². The third-order valence-electron chi connectivity index (χ3n) is 5.53. The topological polar surface area (TPSA) is 116 Å². The molecule has 1 atom stereocenters. The van der Waals surface area contributed by atoms with Gasteiger partial charge in [0.1, 0.15) is 6.61 Å². The lowest BCUT2D eigenvalue weighted by atomic mass is 9.96. The number of benzene rings is 2. The largest absolute Gasteiger partial charge is 0.477 e. The van der Waals surface area contributed by atoms with Crippen LogP contribution < -0.4 is 0 Å². The second-order valence-electron chi connectivity index (χ2n) is 6.90. The van der Waals surface area contributed by atoms with E-state index in [4.69, 9.17) is 10.3 Å². The molecule has 1 aliphatic heterocycles. The summed E-state index contributed by atoms with van der Waals surface area (Å²) < 4.78 is 5.52. The van der Waals surface area contributed by atoms with Gasteiger partial charge >= 0.3 is 17.5 Å². The van der Waals surface area contributed by atoms with Crippen molar-refractivity contribution >= 4 is 11.9 Å². The van der Waals surface area contributed by atoms with E-state index in [0.29, 0.717) is 6.42 Å². The predicted octanol–water partition coefficient (Wildman–Crippen LogP) is 3.49. The maximum Gasteiger partial charge on any atom is 0.367 e. The molecule has 0 bridgehead atoms. The van der Waals surface area contributed by atoms with Gasteiger partial charge in [0.25, 0.3) is 0 Å². The predicted molar refractivity (Wildman–Crippen MR) is 100 cm³/mol. The maximum absolute atomic E-state index is 12.8. The van der Waals surface area contributed by atoms with Crippen LogP contribution in [-0.4, -0.2) is 40.7 Å². The summed E-state index contributed by atoms with van der Waals surface area (Å²) in [5.74, 6) is -2.43. The Labute approximate surface area is 160 Å². The number of hydrogen-bond acceptors (Lipinski definition) is 4. The number of carbonyl (C=O) groups is 2. The molecule has 0 spiro atoms. The summed E-state index contributed by atoms with van der Waals surface area (Å²) in [4.78, 5) is 27.4. The Kier molecular flexibility index (Phi) is 4.41. The molecule has 8 heteroatoms. The molecule has 28 heavy (non-hydrogen) atoms. The third-order valence-corrected chi connectivity index (χ3v) is 5.53. The molecule has 0 aromatic heterocycles. The number of carboxylic acid groups (broad SMARTS) is 1. The van der Waals surface area contributed by atoms with Crippen molar-refractivity contribution in [3.63, 3.8) is 0 Å². The summed E-state index contributed by atoms with van der Waals surface area (Å²) in [6.45, 7) is 0.215. The molecule has 0 unspecified atom stereocenters. The maximum atomic E-state index is 12.8. The van der Waals surface area contributed by atoms with E-state index in [9.17, 15) is 14.7 Å². The Morgan fingerprint density at radius 2 is 1.79 bits per heavy atom. The van der Waals surface area contributed by atoms with Crippen LogP contribution in [0.15, 0.2) is 53.8 Å². The van der Waals surface area contributed by atoms with Crippen molar-refractivity contribution in [2.45, 2.75) is 24.3 Å². The van der Waals surface area contributed by atoms with Crippen LogP contribution in [0.2, 0.25) is 0 Å². The van der Waals surface area contributed by atoms with Crippen molar-refractivity contribution in [2.75, 3.05) is 13.2 Å². The van der Waals surface area contributed by atoms with E-state index in [1.807, 2.05) is 48.5 Å². The van der Waals surface area contributed by atoms with Crippen LogP contribution in [0.1, 0.15) is 29.9 Å². The van der Waals surface area contributed by atoms with Gasteiger partial charge in [-0.3, -0.25) is 0 Å². The summed E-state index contributed by atoms with van der Waals surface area (Å²) >= 11 is 0. The first-order valence-electron chi connectivity index (χ1n) is 9.01. The molecule has 2 aromatic rings. The van der Waals surface area contributed by atoms with Crippen LogP contribution in [0.25, 0.3) is 21.6 Å². The van der Waals surface area contributed by atoms with Crippen molar-refractivity contribution in [3.8, 4) is 11.1 Å². The van der Waals surface area contributed by atoms with Crippen molar-refractivity contribution in [3.05, 3.63) is 70.1 Å². The van der Waals surface area contributed by atoms with E-state index in [1.165, 1.54) is 0 Å². The monoisotopic (exact) mass is 378 g/mol. The molecule has 0 amide bonds. The van der Waals surface area contributed by atoms with Crippen molar-refractivity contribution < 1.29 is 19.4 Å². The minimum Gasteiger partial charge on any atom is -0.477 e. The summed E-state index contributed by atoms with van der Waals surface area (Å²) in [6.07, 6.45) is 0.466. The van der Waals surface area contributed by atoms with Gasteiger partial charge in [-0.05, 0) is 33.9 Å². The smallest absolute Gasteiger partial charge is 0.367 e. The van der Waals surface area contributed by atoms with Gasteiger partial charge in [-0.25, -0.2) is 14.6 Å². The van der Waals surface area contributed by atoms with Crippen LogP contribution in [-0.2, 0) is 14.3 Å². The summed E-state index contributed by atoms with van der Waals surface area (Å²) in [7, 11) is 0. The molecule has 0 radical (unpaired) electrons. The zero-order valence-corrected chi connectivity index (χ0v) is 15.0. The molecular weight excluding hydrogens is 360 g/mol. The van der Waals surface area contributed by atoms with Crippen LogP contribution >= 0.6 is 0 Å². The van der Waals surface area contributed by atoms with E-state index in [2.05, 4.69) is 10.1 Å². The molecular formula is C20H18N4O4.